The Morgan fingerprint density at radius 1 is 0.632 bits per heavy atom. The molecule has 1 fully saturated rings. The zero-order chi connectivity index (χ0) is 28.3. The van der Waals surface area contributed by atoms with Gasteiger partial charge in [-0.1, -0.05) is 122 Å². The monoisotopic (exact) mass is 537 g/mol. The van der Waals surface area contributed by atoms with Crippen molar-refractivity contribution in [2.45, 2.75) is 200 Å². The fourth-order valence-electron chi connectivity index (χ4n) is 6.23. The van der Waals surface area contributed by atoms with Gasteiger partial charge in [-0.3, -0.25) is 9.59 Å². The topological polar surface area (TPSA) is 55.8 Å². The number of hydroxylamine groups is 2. The Labute approximate surface area is 236 Å². The highest BCUT2D eigenvalue weighted by atomic mass is 16.7. The number of rotatable bonds is 22. The average molecular weight is 538 g/mol. The molecule has 0 aromatic heterocycles. The van der Waals surface area contributed by atoms with Gasteiger partial charge in [0.2, 0.25) is 0 Å². The summed E-state index contributed by atoms with van der Waals surface area (Å²) in [5, 5.41) is 1.85. The van der Waals surface area contributed by atoms with Crippen LogP contribution >= 0.6 is 0 Å². The molecule has 0 spiro atoms. The Morgan fingerprint density at radius 2 is 0.974 bits per heavy atom. The standard InChI is InChI=1S/C33H63NO4/c1-7-8-9-10-11-12-13-14-15-16-17-18-19-20-21-22-23-24-25-26-31(36)38-34-32(3,4)27-30(37-29(2)35)28-33(34,5)6/h30H,7-28H2,1-6H3. The average Bonchev–Trinajstić information content (AvgIpc) is 2.82. The largest absolute Gasteiger partial charge is 0.462 e. The molecule has 0 atom stereocenters. The van der Waals surface area contributed by atoms with Gasteiger partial charge in [0.05, 0.1) is 11.1 Å². The molecule has 0 saturated carbocycles. The molecule has 1 aliphatic heterocycles. The van der Waals surface area contributed by atoms with Gasteiger partial charge in [0.1, 0.15) is 6.10 Å². The molecule has 0 radical (unpaired) electrons. The molecule has 224 valence electrons. The SMILES string of the molecule is CCCCCCCCCCCCCCCCCCCCCC(=O)ON1C(C)(C)CC(OC(C)=O)CC1(C)C. The van der Waals surface area contributed by atoms with E-state index in [0.717, 1.165) is 12.8 Å². The molecule has 0 aromatic carbocycles. The number of carbonyl (C=O) groups is 2. The Morgan fingerprint density at radius 3 is 1.32 bits per heavy atom. The third kappa shape index (κ3) is 16.1. The van der Waals surface area contributed by atoms with Crippen molar-refractivity contribution < 1.29 is 19.2 Å². The lowest BCUT2D eigenvalue weighted by Crippen LogP contribution is -2.62. The van der Waals surface area contributed by atoms with E-state index in [1.807, 2.05) is 5.06 Å². The smallest absolute Gasteiger partial charge is 0.325 e. The van der Waals surface area contributed by atoms with Crippen LogP contribution in [0.5, 0.6) is 0 Å². The van der Waals surface area contributed by atoms with Crippen LogP contribution in [0.2, 0.25) is 0 Å². The first-order chi connectivity index (χ1) is 18.1. The van der Waals surface area contributed by atoms with E-state index in [9.17, 15) is 9.59 Å². The molecule has 1 heterocycles. The number of nitrogens with zero attached hydrogens (tertiary/aromatic N) is 1. The summed E-state index contributed by atoms with van der Waals surface area (Å²) >= 11 is 0. The molecule has 0 N–H and O–H groups in total. The van der Waals surface area contributed by atoms with E-state index >= 15 is 0 Å². The highest BCUT2D eigenvalue weighted by molar-refractivity contribution is 5.69. The molecule has 0 aromatic rings. The van der Waals surface area contributed by atoms with Crippen LogP contribution in [-0.4, -0.2) is 34.2 Å². The lowest BCUT2D eigenvalue weighted by molar-refractivity contribution is -0.277. The Balaban J connectivity index is 1.98. The van der Waals surface area contributed by atoms with Crippen LogP contribution < -0.4 is 0 Å². The van der Waals surface area contributed by atoms with E-state index in [4.69, 9.17) is 9.57 Å². The van der Waals surface area contributed by atoms with Gasteiger partial charge in [-0.25, -0.2) is 0 Å². The third-order valence-electron chi connectivity index (χ3n) is 8.06. The minimum absolute atomic E-state index is 0.146. The van der Waals surface area contributed by atoms with Crippen molar-refractivity contribution in [2.75, 3.05) is 0 Å². The van der Waals surface area contributed by atoms with Crippen LogP contribution in [0.4, 0.5) is 0 Å². The molecule has 1 aliphatic rings. The number of unbranched alkanes of at least 4 members (excludes halogenated alkanes) is 18. The Hall–Kier alpha value is -1.10. The molecule has 0 aliphatic carbocycles. The fourth-order valence-corrected chi connectivity index (χ4v) is 6.23. The molecule has 1 saturated heterocycles. The van der Waals surface area contributed by atoms with E-state index in [-0.39, 0.29) is 29.1 Å². The fraction of sp³-hybridized carbons (Fsp3) is 0.939. The van der Waals surface area contributed by atoms with Gasteiger partial charge in [-0.2, -0.15) is 0 Å². The Kier molecular flexibility index (Phi) is 18.3. The van der Waals surface area contributed by atoms with Crippen molar-refractivity contribution in [3.63, 3.8) is 0 Å². The first kappa shape index (κ1) is 34.9. The lowest BCUT2D eigenvalue weighted by Gasteiger charge is -2.52. The van der Waals surface area contributed by atoms with Crippen LogP contribution in [0.15, 0.2) is 0 Å². The van der Waals surface area contributed by atoms with Gasteiger partial charge in [0.15, 0.2) is 0 Å². The summed E-state index contributed by atoms with van der Waals surface area (Å²) < 4.78 is 5.48. The normalized spacial score (nSPS) is 17.4. The second kappa shape index (κ2) is 19.9. The quantitative estimate of drug-likeness (QED) is 0.102. The predicted octanol–water partition coefficient (Wildman–Crippen LogP) is 9.85. The van der Waals surface area contributed by atoms with E-state index in [0.29, 0.717) is 19.3 Å². The van der Waals surface area contributed by atoms with Crippen molar-refractivity contribution >= 4 is 11.9 Å². The van der Waals surface area contributed by atoms with Gasteiger partial charge in [0.25, 0.3) is 0 Å². The number of hydrogen-bond acceptors (Lipinski definition) is 5. The molecular formula is C33H63NO4. The second-order valence-corrected chi connectivity index (χ2v) is 13.1. The minimum atomic E-state index is -0.384. The van der Waals surface area contributed by atoms with Crippen LogP contribution in [0.3, 0.4) is 0 Å². The number of piperidine rings is 1. The molecule has 0 unspecified atom stereocenters. The summed E-state index contributed by atoms with van der Waals surface area (Å²) in [6.07, 6.45) is 27.2. The van der Waals surface area contributed by atoms with Gasteiger partial charge < -0.3 is 9.57 Å². The van der Waals surface area contributed by atoms with E-state index in [2.05, 4.69) is 34.6 Å². The van der Waals surface area contributed by atoms with E-state index in [1.54, 1.807) is 0 Å². The van der Waals surface area contributed by atoms with Crippen LogP contribution in [0.25, 0.3) is 0 Å². The molecular weight excluding hydrogens is 474 g/mol. The van der Waals surface area contributed by atoms with Crippen LogP contribution in [0.1, 0.15) is 183 Å². The zero-order valence-electron chi connectivity index (χ0n) is 26.2. The van der Waals surface area contributed by atoms with Crippen LogP contribution in [0, 0.1) is 0 Å². The van der Waals surface area contributed by atoms with Crippen molar-refractivity contribution in [1.82, 2.24) is 5.06 Å². The molecule has 5 heteroatoms. The molecule has 5 nitrogen and oxygen atoms in total. The van der Waals surface area contributed by atoms with Crippen molar-refractivity contribution in [2.24, 2.45) is 0 Å². The van der Waals surface area contributed by atoms with Gasteiger partial charge in [-0.15, -0.1) is 5.06 Å². The summed E-state index contributed by atoms with van der Waals surface area (Å²) in [7, 11) is 0. The van der Waals surface area contributed by atoms with Gasteiger partial charge in [-0.05, 0) is 34.1 Å². The predicted molar refractivity (Wildman–Crippen MR) is 159 cm³/mol. The third-order valence-corrected chi connectivity index (χ3v) is 8.06. The maximum absolute atomic E-state index is 12.6. The number of ether oxygens (including phenoxy) is 1. The highest BCUT2D eigenvalue weighted by Gasteiger charge is 2.49. The van der Waals surface area contributed by atoms with Crippen molar-refractivity contribution in [1.29, 1.82) is 0 Å². The van der Waals surface area contributed by atoms with Crippen molar-refractivity contribution in [3.8, 4) is 0 Å². The summed E-state index contributed by atoms with van der Waals surface area (Å²) in [6.45, 7) is 11.9. The minimum Gasteiger partial charge on any atom is -0.462 e. The molecule has 0 amide bonds. The zero-order valence-corrected chi connectivity index (χ0v) is 26.2. The maximum atomic E-state index is 12.6. The molecule has 38 heavy (non-hydrogen) atoms. The van der Waals surface area contributed by atoms with Crippen LogP contribution in [-0.2, 0) is 19.2 Å². The Bertz CT molecular complexity index is 612. The number of hydrogen-bond donors (Lipinski definition) is 0. The van der Waals surface area contributed by atoms with Gasteiger partial charge in [0, 0.05) is 26.2 Å². The summed E-state index contributed by atoms with van der Waals surface area (Å²) in [4.78, 5) is 29.9. The first-order valence-corrected chi connectivity index (χ1v) is 16.3. The molecule has 1 rings (SSSR count). The van der Waals surface area contributed by atoms with E-state index in [1.165, 1.54) is 116 Å². The van der Waals surface area contributed by atoms with E-state index < -0.39 is 0 Å². The summed E-state index contributed by atoms with van der Waals surface area (Å²) in [5.41, 5.74) is -0.768. The van der Waals surface area contributed by atoms with Crippen molar-refractivity contribution in [3.05, 3.63) is 0 Å². The second-order valence-electron chi connectivity index (χ2n) is 13.1. The highest BCUT2D eigenvalue weighted by Crippen LogP contribution is 2.40. The summed E-state index contributed by atoms with van der Waals surface area (Å²) in [5.74, 6) is -0.402. The first-order valence-electron chi connectivity index (χ1n) is 16.3. The lowest BCUT2D eigenvalue weighted by atomic mass is 9.80. The van der Waals surface area contributed by atoms with Gasteiger partial charge >= 0.3 is 11.9 Å². The molecule has 0 bridgehead atoms. The maximum Gasteiger partial charge on any atom is 0.325 e. The summed E-state index contributed by atoms with van der Waals surface area (Å²) in [6, 6.07) is 0. The number of esters is 1. The number of carbonyl (C=O) groups excluding carboxylic acids is 2.